The highest BCUT2D eigenvalue weighted by Crippen LogP contribution is 2.21. The van der Waals surface area contributed by atoms with Gasteiger partial charge in [0.05, 0.1) is 7.11 Å². The monoisotopic (exact) mass is 246 g/mol. The van der Waals surface area contributed by atoms with Crippen molar-refractivity contribution in [3.8, 4) is 11.5 Å². The van der Waals surface area contributed by atoms with Crippen molar-refractivity contribution in [2.75, 3.05) is 7.11 Å². The van der Waals surface area contributed by atoms with E-state index in [1.165, 1.54) is 31.4 Å². The molecule has 2 aromatic carbocycles. The smallest absolute Gasteiger partial charge is 0.193 e. The predicted octanol–water partition coefficient (Wildman–Crippen LogP) is 2.77. The van der Waals surface area contributed by atoms with Crippen LogP contribution >= 0.6 is 0 Å². The number of rotatable bonds is 3. The van der Waals surface area contributed by atoms with Crippen LogP contribution in [0, 0.1) is 5.82 Å². The number of aromatic hydroxyl groups is 1. The number of phenols is 1. The first-order valence-electron chi connectivity index (χ1n) is 5.29. The van der Waals surface area contributed by atoms with Gasteiger partial charge in [-0.1, -0.05) is 12.1 Å². The first-order valence-corrected chi connectivity index (χ1v) is 5.29. The van der Waals surface area contributed by atoms with E-state index in [-0.39, 0.29) is 22.8 Å². The van der Waals surface area contributed by atoms with Gasteiger partial charge in [-0.15, -0.1) is 0 Å². The van der Waals surface area contributed by atoms with Crippen molar-refractivity contribution < 1.29 is 19.0 Å². The fraction of sp³-hybridized carbons (Fsp3) is 0.0714. The largest absolute Gasteiger partial charge is 0.508 e. The Morgan fingerprint density at radius 3 is 2.50 bits per heavy atom. The number of ketones is 1. The summed E-state index contributed by atoms with van der Waals surface area (Å²) in [5, 5.41) is 9.30. The molecule has 1 N–H and O–H groups in total. The number of phenolic OH excluding ortho intramolecular Hbond substituents is 1. The second-order valence-electron chi connectivity index (χ2n) is 3.73. The molecule has 0 aliphatic carbocycles. The molecule has 0 heterocycles. The average molecular weight is 246 g/mol. The minimum absolute atomic E-state index is 0.00478. The van der Waals surface area contributed by atoms with Crippen LogP contribution < -0.4 is 4.74 Å². The van der Waals surface area contributed by atoms with Gasteiger partial charge in [-0.2, -0.15) is 0 Å². The number of hydrogen-bond donors (Lipinski definition) is 1. The number of carbonyl (C=O) groups excluding carboxylic acids is 1. The molecule has 92 valence electrons. The molecule has 0 fully saturated rings. The molecule has 4 heteroatoms. The molecular formula is C14H11FO3. The van der Waals surface area contributed by atoms with Gasteiger partial charge in [0.2, 0.25) is 0 Å². The second-order valence-corrected chi connectivity index (χ2v) is 3.73. The van der Waals surface area contributed by atoms with Crippen molar-refractivity contribution in [3.05, 3.63) is 59.4 Å². The van der Waals surface area contributed by atoms with Gasteiger partial charge in [0, 0.05) is 11.1 Å². The number of halogens is 1. The molecule has 0 spiro atoms. The fourth-order valence-corrected chi connectivity index (χ4v) is 1.62. The molecule has 0 saturated carbocycles. The standard InChI is InChI=1S/C14H11FO3/c1-18-13-6-5-10(8-12(13)15)14(17)9-3-2-4-11(16)7-9/h2-8,16H,1H3. The summed E-state index contributed by atoms with van der Waals surface area (Å²) in [6.45, 7) is 0. The van der Waals surface area contributed by atoms with E-state index in [2.05, 4.69) is 0 Å². The summed E-state index contributed by atoms with van der Waals surface area (Å²) in [5.74, 6) is -0.867. The predicted molar refractivity (Wildman–Crippen MR) is 64.5 cm³/mol. The molecule has 18 heavy (non-hydrogen) atoms. The minimum Gasteiger partial charge on any atom is -0.508 e. The molecule has 2 rings (SSSR count). The Bertz CT molecular complexity index is 593. The topological polar surface area (TPSA) is 46.5 Å². The Morgan fingerprint density at radius 2 is 1.89 bits per heavy atom. The van der Waals surface area contributed by atoms with Gasteiger partial charge in [-0.05, 0) is 30.3 Å². The number of ether oxygens (including phenoxy) is 1. The molecule has 0 atom stereocenters. The minimum atomic E-state index is -0.594. The van der Waals surface area contributed by atoms with E-state index in [0.717, 1.165) is 6.07 Å². The first kappa shape index (κ1) is 12.1. The van der Waals surface area contributed by atoms with Crippen molar-refractivity contribution in [2.45, 2.75) is 0 Å². The Morgan fingerprint density at radius 1 is 1.17 bits per heavy atom. The summed E-state index contributed by atoms with van der Waals surface area (Å²) in [6.07, 6.45) is 0. The van der Waals surface area contributed by atoms with E-state index in [9.17, 15) is 14.3 Å². The van der Waals surface area contributed by atoms with Crippen molar-refractivity contribution >= 4 is 5.78 Å². The van der Waals surface area contributed by atoms with Crippen LogP contribution in [0.15, 0.2) is 42.5 Å². The quantitative estimate of drug-likeness (QED) is 0.847. The van der Waals surface area contributed by atoms with Crippen molar-refractivity contribution in [3.63, 3.8) is 0 Å². The summed E-state index contributed by atoms with van der Waals surface area (Å²) in [5.41, 5.74) is 0.512. The third-order valence-corrected chi connectivity index (χ3v) is 2.52. The van der Waals surface area contributed by atoms with Crippen LogP contribution in [-0.4, -0.2) is 18.0 Å². The highest BCUT2D eigenvalue weighted by Gasteiger charge is 2.12. The van der Waals surface area contributed by atoms with E-state index >= 15 is 0 Å². The summed E-state index contributed by atoms with van der Waals surface area (Å²) < 4.78 is 18.3. The highest BCUT2D eigenvalue weighted by atomic mass is 19.1. The Balaban J connectivity index is 2.37. The van der Waals surface area contributed by atoms with Crippen molar-refractivity contribution in [1.29, 1.82) is 0 Å². The molecule has 2 aromatic rings. The molecule has 0 unspecified atom stereocenters. The molecule has 0 amide bonds. The van der Waals surface area contributed by atoms with Gasteiger partial charge < -0.3 is 9.84 Å². The van der Waals surface area contributed by atoms with Crippen LogP contribution in [0.25, 0.3) is 0 Å². The van der Waals surface area contributed by atoms with Crippen LogP contribution in [0.5, 0.6) is 11.5 Å². The molecule has 3 nitrogen and oxygen atoms in total. The maximum absolute atomic E-state index is 13.5. The van der Waals surface area contributed by atoms with E-state index in [1.54, 1.807) is 12.1 Å². The zero-order chi connectivity index (χ0) is 13.1. The lowest BCUT2D eigenvalue weighted by molar-refractivity contribution is 0.103. The fourth-order valence-electron chi connectivity index (χ4n) is 1.62. The third kappa shape index (κ3) is 2.32. The van der Waals surface area contributed by atoms with E-state index in [4.69, 9.17) is 4.74 Å². The summed E-state index contributed by atoms with van der Waals surface area (Å²) in [4.78, 5) is 12.0. The third-order valence-electron chi connectivity index (χ3n) is 2.52. The van der Waals surface area contributed by atoms with Gasteiger partial charge in [0.25, 0.3) is 0 Å². The summed E-state index contributed by atoms with van der Waals surface area (Å²) in [6, 6.07) is 9.91. The molecule has 0 radical (unpaired) electrons. The highest BCUT2D eigenvalue weighted by molar-refractivity contribution is 6.09. The van der Waals surface area contributed by atoms with Gasteiger partial charge >= 0.3 is 0 Å². The maximum Gasteiger partial charge on any atom is 0.193 e. The van der Waals surface area contributed by atoms with Gasteiger partial charge in [0.15, 0.2) is 17.3 Å². The number of carbonyl (C=O) groups is 1. The van der Waals surface area contributed by atoms with E-state index in [1.807, 2.05) is 0 Å². The van der Waals surface area contributed by atoms with Crippen molar-refractivity contribution in [1.82, 2.24) is 0 Å². The summed E-state index contributed by atoms with van der Waals surface area (Å²) in [7, 11) is 1.36. The molecule has 0 saturated heterocycles. The molecule has 0 aliphatic rings. The van der Waals surface area contributed by atoms with Gasteiger partial charge in [-0.3, -0.25) is 4.79 Å². The zero-order valence-electron chi connectivity index (χ0n) is 9.68. The average Bonchev–Trinajstić information content (AvgIpc) is 2.37. The van der Waals surface area contributed by atoms with Crippen LogP contribution in [0.3, 0.4) is 0 Å². The molecule has 0 aromatic heterocycles. The van der Waals surface area contributed by atoms with Crippen LogP contribution in [0.1, 0.15) is 15.9 Å². The van der Waals surface area contributed by atoms with E-state index in [0.29, 0.717) is 5.56 Å². The van der Waals surface area contributed by atoms with Gasteiger partial charge in [0.1, 0.15) is 5.75 Å². The Labute approximate surface area is 103 Å². The second kappa shape index (κ2) is 4.87. The maximum atomic E-state index is 13.5. The first-order chi connectivity index (χ1) is 8.61. The Kier molecular flexibility index (Phi) is 3.28. The van der Waals surface area contributed by atoms with Crippen LogP contribution in [-0.2, 0) is 0 Å². The number of hydrogen-bond acceptors (Lipinski definition) is 3. The lowest BCUT2D eigenvalue weighted by Crippen LogP contribution is -2.02. The Hall–Kier alpha value is -2.36. The SMILES string of the molecule is COc1ccc(C(=O)c2cccc(O)c2)cc1F. The molecule has 0 bridgehead atoms. The lowest BCUT2D eigenvalue weighted by Gasteiger charge is -2.05. The number of benzene rings is 2. The normalized spacial score (nSPS) is 10.1. The number of methoxy groups -OCH3 is 1. The van der Waals surface area contributed by atoms with Crippen LogP contribution in [0.4, 0.5) is 4.39 Å². The zero-order valence-corrected chi connectivity index (χ0v) is 9.68. The summed E-state index contributed by atoms with van der Waals surface area (Å²) >= 11 is 0. The van der Waals surface area contributed by atoms with Crippen molar-refractivity contribution in [2.24, 2.45) is 0 Å². The molecule has 0 aliphatic heterocycles. The molecular weight excluding hydrogens is 235 g/mol. The van der Waals surface area contributed by atoms with E-state index < -0.39 is 5.82 Å². The lowest BCUT2D eigenvalue weighted by atomic mass is 10.0. The van der Waals surface area contributed by atoms with Crippen LogP contribution in [0.2, 0.25) is 0 Å². The van der Waals surface area contributed by atoms with Gasteiger partial charge in [-0.25, -0.2) is 4.39 Å².